The van der Waals surface area contributed by atoms with E-state index in [2.05, 4.69) is 15.1 Å². The van der Waals surface area contributed by atoms with Crippen LogP contribution in [0.3, 0.4) is 0 Å². The van der Waals surface area contributed by atoms with Crippen molar-refractivity contribution in [3.05, 3.63) is 60.2 Å². The number of carbonyl (C=O) groups excluding carboxylic acids is 1. The molecule has 9 nitrogen and oxygen atoms in total. The molecule has 176 valence electrons. The second-order valence-electron chi connectivity index (χ2n) is 7.31. The maximum Gasteiger partial charge on any atom is 0.306 e. The van der Waals surface area contributed by atoms with Gasteiger partial charge in [-0.25, -0.2) is 8.42 Å². The normalized spacial score (nSPS) is 11.6. The van der Waals surface area contributed by atoms with Crippen LogP contribution in [0, 0.1) is 0 Å². The summed E-state index contributed by atoms with van der Waals surface area (Å²) in [6.07, 6.45) is 5.09. The van der Waals surface area contributed by atoms with Crippen molar-refractivity contribution in [2.75, 3.05) is 19.7 Å². The lowest BCUT2D eigenvalue weighted by Crippen LogP contribution is -2.30. The zero-order chi connectivity index (χ0) is 23.7. The van der Waals surface area contributed by atoms with Gasteiger partial charge in [0.2, 0.25) is 21.7 Å². The molecule has 0 spiro atoms. The highest BCUT2D eigenvalue weighted by Crippen LogP contribution is 2.17. The van der Waals surface area contributed by atoms with Crippen LogP contribution in [0.5, 0.6) is 0 Å². The van der Waals surface area contributed by atoms with Crippen LogP contribution in [0.2, 0.25) is 0 Å². The molecule has 0 aliphatic heterocycles. The SMILES string of the molecule is CCN(CC)S(=O)(=O)c1ccc(CCC(=O)OCCCc2nc(-c3cccnc3)no2)cc1. The summed E-state index contributed by atoms with van der Waals surface area (Å²) in [6.45, 7) is 4.71. The van der Waals surface area contributed by atoms with Gasteiger partial charge in [-0.15, -0.1) is 0 Å². The van der Waals surface area contributed by atoms with E-state index < -0.39 is 10.0 Å². The van der Waals surface area contributed by atoms with Crippen LogP contribution < -0.4 is 0 Å². The Labute approximate surface area is 193 Å². The molecule has 2 aromatic heterocycles. The van der Waals surface area contributed by atoms with Gasteiger partial charge in [0.05, 0.1) is 11.5 Å². The second kappa shape index (κ2) is 11.7. The fourth-order valence-electron chi connectivity index (χ4n) is 3.24. The molecular formula is C23H28N4O5S. The second-order valence-corrected chi connectivity index (χ2v) is 9.25. The smallest absolute Gasteiger partial charge is 0.306 e. The van der Waals surface area contributed by atoms with Crippen molar-refractivity contribution >= 4 is 16.0 Å². The third kappa shape index (κ3) is 6.69. The molecule has 0 bridgehead atoms. The van der Waals surface area contributed by atoms with Crippen molar-refractivity contribution in [3.8, 4) is 11.4 Å². The van der Waals surface area contributed by atoms with Crippen molar-refractivity contribution in [1.82, 2.24) is 19.4 Å². The Morgan fingerprint density at radius 3 is 2.52 bits per heavy atom. The number of carbonyl (C=O) groups is 1. The summed E-state index contributed by atoms with van der Waals surface area (Å²) >= 11 is 0. The molecule has 0 aliphatic rings. The number of esters is 1. The van der Waals surface area contributed by atoms with Crippen LogP contribution in [-0.2, 0) is 32.4 Å². The minimum Gasteiger partial charge on any atom is -0.466 e. The maximum absolute atomic E-state index is 12.5. The van der Waals surface area contributed by atoms with Crippen molar-refractivity contribution in [2.45, 2.75) is 44.4 Å². The molecule has 3 aromatic rings. The highest BCUT2D eigenvalue weighted by molar-refractivity contribution is 7.89. The van der Waals surface area contributed by atoms with Crippen LogP contribution >= 0.6 is 0 Å². The Balaban J connectivity index is 1.39. The van der Waals surface area contributed by atoms with E-state index in [0.717, 1.165) is 11.1 Å². The van der Waals surface area contributed by atoms with Gasteiger partial charge in [0.25, 0.3) is 0 Å². The van der Waals surface area contributed by atoms with Crippen molar-refractivity contribution in [2.24, 2.45) is 0 Å². The number of nitrogens with zero attached hydrogens (tertiary/aromatic N) is 4. The van der Waals surface area contributed by atoms with Crippen LogP contribution in [0.4, 0.5) is 0 Å². The summed E-state index contributed by atoms with van der Waals surface area (Å²) in [5, 5.41) is 3.93. The predicted octanol–water partition coefficient (Wildman–Crippen LogP) is 3.27. The fraction of sp³-hybridized carbons (Fsp3) is 0.391. The largest absolute Gasteiger partial charge is 0.466 e. The molecule has 33 heavy (non-hydrogen) atoms. The predicted molar refractivity (Wildman–Crippen MR) is 122 cm³/mol. The lowest BCUT2D eigenvalue weighted by atomic mass is 10.1. The number of sulfonamides is 1. The van der Waals surface area contributed by atoms with Gasteiger partial charge in [-0.2, -0.15) is 9.29 Å². The number of aromatic nitrogens is 3. The highest BCUT2D eigenvalue weighted by Gasteiger charge is 2.21. The van der Waals surface area contributed by atoms with E-state index in [9.17, 15) is 13.2 Å². The minimum absolute atomic E-state index is 0.216. The number of rotatable bonds is 12. The number of aryl methyl sites for hydroxylation is 2. The number of benzene rings is 1. The minimum atomic E-state index is -3.48. The average molecular weight is 473 g/mol. The van der Waals surface area contributed by atoms with Gasteiger partial charge in [-0.1, -0.05) is 31.1 Å². The van der Waals surface area contributed by atoms with Crippen molar-refractivity contribution < 1.29 is 22.5 Å². The van der Waals surface area contributed by atoms with E-state index in [1.165, 1.54) is 4.31 Å². The topological polar surface area (TPSA) is 115 Å². The number of hydrogen-bond donors (Lipinski definition) is 0. The Bertz CT molecular complexity index is 1130. The third-order valence-electron chi connectivity index (χ3n) is 5.07. The number of ether oxygens (including phenoxy) is 1. The van der Waals surface area contributed by atoms with E-state index in [1.807, 2.05) is 19.9 Å². The molecule has 10 heteroatoms. The number of pyridine rings is 1. The highest BCUT2D eigenvalue weighted by atomic mass is 32.2. The first-order valence-corrected chi connectivity index (χ1v) is 12.4. The standard InChI is InChI=1S/C23H28N4O5S/c1-3-27(4-2)33(29,30)20-12-9-18(10-13-20)11-14-22(28)31-16-6-8-21-25-23(26-32-21)19-7-5-15-24-17-19/h5,7,9-10,12-13,15,17H,3-4,6,8,11,14,16H2,1-2H3. The van der Waals surface area contributed by atoms with Crippen molar-refractivity contribution in [1.29, 1.82) is 0 Å². The van der Waals surface area contributed by atoms with Crippen LogP contribution in [0.25, 0.3) is 11.4 Å². The van der Waals surface area contributed by atoms with Crippen LogP contribution in [-0.4, -0.2) is 53.5 Å². The molecule has 0 unspecified atom stereocenters. The van der Waals surface area contributed by atoms with Crippen LogP contribution in [0.15, 0.2) is 58.2 Å². The van der Waals surface area contributed by atoms with E-state index in [-0.39, 0.29) is 23.9 Å². The van der Waals surface area contributed by atoms with E-state index in [1.54, 1.807) is 42.7 Å². The van der Waals surface area contributed by atoms with Gasteiger partial charge < -0.3 is 9.26 Å². The molecule has 0 amide bonds. The van der Waals surface area contributed by atoms with E-state index in [0.29, 0.717) is 44.1 Å². The lowest BCUT2D eigenvalue weighted by Gasteiger charge is -2.18. The lowest BCUT2D eigenvalue weighted by molar-refractivity contribution is -0.143. The molecule has 0 fully saturated rings. The quantitative estimate of drug-likeness (QED) is 0.291. The van der Waals surface area contributed by atoms with E-state index in [4.69, 9.17) is 9.26 Å². The summed E-state index contributed by atoms with van der Waals surface area (Å²) in [5.74, 6) is 0.645. The molecular weight excluding hydrogens is 444 g/mol. The van der Waals surface area contributed by atoms with Gasteiger partial charge in [-0.3, -0.25) is 9.78 Å². The maximum atomic E-state index is 12.5. The Hall–Kier alpha value is -3.11. The van der Waals surface area contributed by atoms with Gasteiger partial charge in [0, 0.05) is 43.9 Å². The van der Waals surface area contributed by atoms with E-state index >= 15 is 0 Å². The Morgan fingerprint density at radius 1 is 1.09 bits per heavy atom. The zero-order valence-electron chi connectivity index (χ0n) is 18.8. The van der Waals surface area contributed by atoms with Crippen LogP contribution in [0.1, 0.15) is 38.1 Å². The molecule has 0 radical (unpaired) electrons. The summed E-state index contributed by atoms with van der Waals surface area (Å²) in [6, 6.07) is 10.3. The third-order valence-corrected chi connectivity index (χ3v) is 7.13. The molecule has 1 aromatic carbocycles. The monoisotopic (exact) mass is 472 g/mol. The summed E-state index contributed by atoms with van der Waals surface area (Å²) in [4.78, 5) is 20.6. The average Bonchev–Trinajstić information content (AvgIpc) is 3.31. The fourth-order valence-corrected chi connectivity index (χ4v) is 4.70. The van der Waals surface area contributed by atoms with Gasteiger partial charge in [0.1, 0.15) is 0 Å². The molecule has 0 saturated carbocycles. The van der Waals surface area contributed by atoms with Gasteiger partial charge in [0.15, 0.2) is 0 Å². The Kier molecular flexibility index (Phi) is 8.67. The zero-order valence-corrected chi connectivity index (χ0v) is 19.6. The first kappa shape index (κ1) is 24.5. The summed E-state index contributed by atoms with van der Waals surface area (Å²) in [5.41, 5.74) is 1.65. The van der Waals surface area contributed by atoms with Gasteiger partial charge in [-0.05, 0) is 42.7 Å². The molecule has 0 aliphatic carbocycles. The first-order chi connectivity index (χ1) is 15.9. The molecule has 2 heterocycles. The molecule has 3 rings (SSSR count). The summed E-state index contributed by atoms with van der Waals surface area (Å²) in [7, 11) is -3.48. The molecule has 0 N–H and O–H groups in total. The summed E-state index contributed by atoms with van der Waals surface area (Å²) < 4.78 is 37.0. The number of hydrogen-bond acceptors (Lipinski definition) is 8. The van der Waals surface area contributed by atoms with Gasteiger partial charge >= 0.3 is 5.97 Å². The molecule has 0 atom stereocenters. The van der Waals surface area contributed by atoms with Crippen molar-refractivity contribution in [3.63, 3.8) is 0 Å². The first-order valence-electron chi connectivity index (χ1n) is 10.9. The Morgan fingerprint density at radius 2 is 1.85 bits per heavy atom. The molecule has 0 saturated heterocycles.